The van der Waals surface area contributed by atoms with E-state index in [-0.39, 0.29) is 12.5 Å². The highest BCUT2D eigenvalue weighted by atomic mass is 16.5. The van der Waals surface area contributed by atoms with Gasteiger partial charge in [-0.05, 0) is 42.9 Å². The minimum atomic E-state index is -0.101. The molecule has 0 fully saturated rings. The van der Waals surface area contributed by atoms with Crippen molar-refractivity contribution in [3.63, 3.8) is 0 Å². The summed E-state index contributed by atoms with van der Waals surface area (Å²) in [5.74, 6) is 1.70. The zero-order chi connectivity index (χ0) is 19.2. The Hall–Kier alpha value is -3.19. The lowest BCUT2D eigenvalue weighted by atomic mass is 10.2. The van der Waals surface area contributed by atoms with Crippen LogP contribution in [-0.4, -0.2) is 41.0 Å². The molecule has 1 amide bonds. The predicted molar refractivity (Wildman–Crippen MR) is 107 cm³/mol. The summed E-state index contributed by atoms with van der Waals surface area (Å²) >= 11 is 0. The Morgan fingerprint density at radius 1 is 1.15 bits per heavy atom. The first-order valence-electron chi connectivity index (χ1n) is 8.76. The summed E-state index contributed by atoms with van der Waals surface area (Å²) in [5, 5.41) is 3.72. The van der Waals surface area contributed by atoms with Crippen LogP contribution in [0, 0.1) is 0 Å². The maximum absolute atomic E-state index is 12.4. The minimum absolute atomic E-state index is 0.101. The molecule has 0 aliphatic rings. The van der Waals surface area contributed by atoms with E-state index in [1.807, 2.05) is 36.1 Å². The van der Waals surface area contributed by atoms with E-state index in [2.05, 4.69) is 15.3 Å². The molecule has 3 aromatic rings. The Kier molecular flexibility index (Phi) is 5.83. The van der Waals surface area contributed by atoms with Gasteiger partial charge in [-0.25, -0.2) is 9.97 Å². The van der Waals surface area contributed by atoms with Gasteiger partial charge in [0.2, 0.25) is 5.91 Å². The standard InChI is InChI=1S/C20H23N5O2/c1-3-25(13-19(26)22-14-8-10-15(27-2)11-9-14)12-18-23-17-7-5-4-6-16(17)20(21)24-18/h4-11H,3,12-13H2,1-2H3,(H,22,26)(H2,21,23,24). The summed E-state index contributed by atoms with van der Waals surface area (Å²) < 4.78 is 5.12. The number of para-hydroxylation sites is 1. The van der Waals surface area contributed by atoms with Crippen molar-refractivity contribution in [2.45, 2.75) is 13.5 Å². The van der Waals surface area contributed by atoms with Crippen LogP contribution in [0.1, 0.15) is 12.7 Å². The smallest absolute Gasteiger partial charge is 0.238 e. The summed E-state index contributed by atoms with van der Waals surface area (Å²) in [6.07, 6.45) is 0. The number of ether oxygens (including phenoxy) is 1. The van der Waals surface area contributed by atoms with Crippen molar-refractivity contribution in [1.82, 2.24) is 14.9 Å². The van der Waals surface area contributed by atoms with E-state index in [0.29, 0.717) is 24.7 Å². The van der Waals surface area contributed by atoms with Crippen molar-refractivity contribution in [2.24, 2.45) is 0 Å². The lowest BCUT2D eigenvalue weighted by molar-refractivity contribution is -0.117. The lowest BCUT2D eigenvalue weighted by Gasteiger charge is -2.19. The maximum atomic E-state index is 12.4. The normalized spacial score (nSPS) is 10.9. The zero-order valence-corrected chi connectivity index (χ0v) is 15.5. The van der Waals surface area contributed by atoms with Crippen LogP contribution in [0.2, 0.25) is 0 Å². The number of hydrogen-bond donors (Lipinski definition) is 2. The van der Waals surface area contributed by atoms with Crippen molar-refractivity contribution in [2.75, 3.05) is 31.2 Å². The first kappa shape index (κ1) is 18.6. The number of amides is 1. The van der Waals surface area contributed by atoms with Crippen LogP contribution in [0.3, 0.4) is 0 Å². The molecule has 1 aromatic heterocycles. The third kappa shape index (κ3) is 4.71. The Labute approximate surface area is 158 Å². The molecule has 3 rings (SSSR count). The second-order valence-corrected chi connectivity index (χ2v) is 6.12. The maximum Gasteiger partial charge on any atom is 0.238 e. The van der Waals surface area contributed by atoms with Crippen molar-refractivity contribution in [1.29, 1.82) is 0 Å². The summed E-state index contributed by atoms with van der Waals surface area (Å²) in [6.45, 7) is 3.36. The topological polar surface area (TPSA) is 93.4 Å². The fraction of sp³-hybridized carbons (Fsp3) is 0.250. The SMILES string of the molecule is CCN(CC(=O)Nc1ccc(OC)cc1)Cc1nc(N)c2ccccc2n1. The first-order valence-corrected chi connectivity index (χ1v) is 8.76. The van der Waals surface area contributed by atoms with Crippen LogP contribution in [0.25, 0.3) is 10.9 Å². The monoisotopic (exact) mass is 365 g/mol. The molecule has 0 aliphatic heterocycles. The molecular weight excluding hydrogens is 342 g/mol. The number of benzene rings is 2. The molecule has 7 heteroatoms. The second kappa shape index (κ2) is 8.46. The third-order valence-electron chi connectivity index (χ3n) is 4.23. The fourth-order valence-electron chi connectivity index (χ4n) is 2.78. The molecule has 140 valence electrons. The number of nitrogens with two attached hydrogens (primary N) is 1. The molecule has 0 aliphatic carbocycles. The van der Waals surface area contributed by atoms with E-state index < -0.39 is 0 Å². The zero-order valence-electron chi connectivity index (χ0n) is 15.5. The number of carbonyl (C=O) groups excluding carboxylic acids is 1. The number of likely N-dealkylation sites (N-methyl/N-ethyl adjacent to an activating group) is 1. The first-order chi connectivity index (χ1) is 13.1. The number of rotatable bonds is 7. The third-order valence-corrected chi connectivity index (χ3v) is 4.23. The van der Waals surface area contributed by atoms with E-state index in [1.165, 1.54) is 0 Å². The molecule has 3 N–H and O–H groups in total. The number of nitrogen functional groups attached to an aromatic ring is 1. The molecule has 0 saturated carbocycles. The van der Waals surface area contributed by atoms with E-state index >= 15 is 0 Å². The number of carbonyl (C=O) groups is 1. The van der Waals surface area contributed by atoms with Crippen molar-refractivity contribution < 1.29 is 9.53 Å². The van der Waals surface area contributed by atoms with Gasteiger partial charge >= 0.3 is 0 Å². The number of hydrogen-bond acceptors (Lipinski definition) is 6. The molecule has 0 unspecified atom stereocenters. The second-order valence-electron chi connectivity index (χ2n) is 6.12. The summed E-state index contributed by atoms with van der Waals surface area (Å²) in [7, 11) is 1.61. The van der Waals surface area contributed by atoms with Gasteiger partial charge in [0.1, 0.15) is 17.4 Å². The average Bonchev–Trinajstić information content (AvgIpc) is 2.68. The van der Waals surface area contributed by atoms with Gasteiger partial charge in [0.15, 0.2) is 0 Å². The van der Waals surface area contributed by atoms with E-state index in [4.69, 9.17) is 10.5 Å². The van der Waals surface area contributed by atoms with Crippen molar-refractivity contribution >= 4 is 28.3 Å². The van der Waals surface area contributed by atoms with Crippen LogP contribution in [0.15, 0.2) is 48.5 Å². The molecule has 27 heavy (non-hydrogen) atoms. The molecule has 0 radical (unpaired) electrons. The predicted octanol–water partition coefficient (Wildman–Crippen LogP) is 2.68. The molecule has 0 bridgehead atoms. The average molecular weight is 365 g/mol. The Bertz CT molecular complexity index is 927. The Morgan fingerprint density at radius 2 is 1.89 bits per heavy atom. The number of aromatic nitrogens is 2. The van der Waals surface area contributed by atoms with Crippen molar-refractivity contribution in [3.8, 4) is 5.75 Å². The molecule has 7 nitrogen and oxygen atoms in total. The number of nitrogens with one attached hydrogen (secondary N) is 1. The van der Waals surface area contributed by atoms with Gasteiger partial charge < -0.3 is 15.8 Å². The molecule has 0 spiro atoms. The van der Waals surface area contributed by atoms with Gasteiger partial charge in [-0.15, -0.1) is 0 Å². The van der Waals surface area contributed by atoms with Gasteiger partial charge in [-0.1, -0.05) is 19.1 Å². The number of fused-ring (bicyclic) bond motifs is 1. The van der Waals surface area contributed by atoms with E-state index in [1.54, 1.807) is 31.4 Å². The minimum Gasteiger partial charge on any atom is -0.497 e. The van der Waals surface area contributed by atoms with Gasteiger partial charge in [-0.3, -0.25) is 9.69 Å². The van der Waals surface area contributed by atoms with Gasteiger partial charge in [0.25, 0.3) is 0 Å². The lowest BCUT2D eigenvalue weighted by Crippen LogP contribution is -2.33. The quantitative estimate of drug-likeness (QED) is 0.669. The largest absolute Gasteiger partial charge is 0.497 e. The highest BCUT2D eigenvalue weighted by Gasteiger charge is 2.13. The molecular formula is C20H23N5O2. The summed E-state index contributed by atoms with van der Waals surface area (Å²) in [5.41, 5.74) is 7.57. The van der Waals surface area contributed by atoms with E-state index in [9.17, 15) is 4.79 Å². The molecule has 0 atom stereocenters. The highest BCUT2D eigenvalue weighted by Crippen LogP contribution is 2.18. The van der Waals surface area contributed by atoms with Crippen LogP contribution in [0.4, 0.5) is 11.5 Å². The summed E-state index contributed by atoms with van der Waals surface area (Å²) in [4.78, 5) is 23.3. The molecule has 2 aromatic carbocycles. The van der Waals surface area contributed by atoms with Gasteiger partial charge in [0.05, 0.1) is 25.7 Å². The highest BCUT2D eigenvalue weighted by molar-refractivity contribution is 5.92. The van der Waals surface area contributed by atoms with Crippen LogP contribution < -0.4 is 15.8 Å². The van der Waals surface area contributed by atoms with Gasteiger partial charge in [0, 0.05) is 11.1 Å². The number of nitrogens with zero attached hydrogens (tertiary/aromatic N) is 3. The number of anilines is 2. The fourth-order valence-corrected chi connectivity index (χ4v) is 2.78. The molecule has 1 heterocycles. The van der Waals surface area contributed by atoms with Crippen LogP contribution >= 0.6 is 0 Å². The summed E-state index contributed by atoms with van der Waals surface area (Å²) in [6, 6.07) is 14.8. The van der Waals surface area contributed by atoms with Crippen LogP contribution in [0.5, 0.6) is 5.75 Å². The van der Waals surface area contributed by atoms with E-state index in [0.717, 1.165) is 22.3 Å². The van der Waals surface area contributed by atoms with Crippen LogP contribution in [-0.2, 0) is 11.3 Å². The van der Waals surface area contributed by atoms with Crippen molar-refractivity contribution in [3.05, 3.63) is 54.4 Å². The van der Waals surface area contributed by atoms with Gasteiger partial charge in [-0.2, -0.15) is 0 Å². The Balaban J connectivity index is 1.65. The number of methoxy groups -OCH3 is 1. The molecule has 0 saturated heterocycles. The Morgan fingerprint density at radius 3 is 2.59 bits per heavy atom.